The molecule has 1 saturated heterocycles. The second kappa shape index (κ2) is 9.86. The predicted molar refractivity (Wildman–Crippen MR) is 108 cm³/mol. The Hall–Kier alpha value is -1.68. The van der Waals surface area contributed by atoms with E-state index in [2.05, 4.69) is 11.9 Å². The minimum atomic E-state index is -0.447. The Kier molecular flexibility index (Phi) is 7.83. The Morgan fingerprint density at radius 2 is 1.62 bits per heavy atom. The number of aliphatic hydroxyl groups is 1. The van der Waals surface area contributed by atoms with E-state index in [-0.39, 0.29) is 24.2 Å². The number of likely N-dealkylation sites (tertiary alicyclic amines) is 1. The van der Waals surface area contributed by atoms with Crippen LogP contribution in [0.1, 0.15) is 54.1 Å². The van der Waals surface area contributed by atoms with Gasteiger partial charge in [-0.3, -0.25) is 9.69 Å². The number of hydrogen-bond donors (Lipinski definition) is 1. The number of carbonyl (C=O) groups excluding carboxylic acids is 1. The summed E-state index contributed by atoms with van der Waals surface area (Å²) in [7, 11) is 2.10. The number of halogens is 1. The van der Waals surface area contributed by atoms with Crippen LogP contribution in [0.4, 0.5) is 0 Å². The molecule has 26 heavy (non-hydrogen) atoms. The minimum absolute atomic E-state index is 0. The lowest BCUT2D eigenvalue weighted by molar-refractivity contribution is 0.0549. The molecule has 3 rings (SSSR count). The monoisotopic (exact) mass is 373 g/mol. The van der Waals surface area contributed by atoms with Crippen molar-refractivity contribution in [2.75, 3.05) is 7.05 Å². The molecule has 140 valence electrons. The van der Waals surface area contributed by atoms with Crippen molar-refractivity contribution >= 4 is 18.2 Å². The Bertz CT molecular complexity index is 677. The lowest BCUT2D eigenvalue weighted by Gasteiger charge is -2.40. The maximum absolute atomic E-state index is 12.5. The average Bonchev–Trinajstić information content (AvgIpc) is 2.66. The number of nitrogens with zero attached hydrogens (tertiary/aromatic N) is 1. The van der Waals surface area contributed by atoms with Crippen molar-refractivity contribution < 1.29 is 9.90 Å². The normalized spacial score (nSPS) is 21.6. The van der Waals surface area contributed by atoms with E-state index < -0.39 is 6.10 Å². The molecular weight excluding hydrogens is 346 g/mol. The first-order valence-electron chi connectivity index (χ1n) is 9.18. The van der Waals surface area contributed by atoms with Gasteiger partial charge in [-0.15, -0.1) is 12.4 Å². The largest absolute Gasteiger partial charge is 0.388 e. The summed E-state index contributed by atoms with van der Waals surface area (Å²) in [6, 6.07) is 20.0. The zero-order valence-electron chi connectivity index (χ0n) is 15.3. The van der Waals surface area contributed by atoms with Crippen molar-refractivity contribution in [1.29, 1.82) is 0 Å². The van der Waals surface area contributed by atoms with Crippen LogP contribution < -0.4 is 0 Å². The van der Waals surface area contributed by atoms with Crippen LogP contribution in [0.15, 0.2) is 60.7 Å². The van der Waals surface area contributed by atoms with Gasteiger partial charge in [0.15, 0.2) is 5.78 Å². The number of aliphatic hydroxyl groups excluding tert-OH is 1. The summed E-state index contributed by atoms with van der Waals surface area (Å²) < 4.78 is 0. The molecule has 0 spiro atoms. The first-order chi connectivity index (χ1) is 12.1. The molecular formula is C22H28ClNO2. The van der Waals surface area contributed by atoms with Gasteiger partial charge in [-0.25, -0.2) is 0 Å². The van der Waals surface area contributed by atoms with Gasteiger partial charge in [-0.1, -0.05) is 67.1 Å². The topological polar surface area (TPSA) is 40.5 Å². The fraction of sp³-hybridized carbons (Fsp3) is 0.409. The highest BCUT2D eigenvalue weighted by atomic mass is 35.5. The third kappa shape index (κ3) is 5.16. The molecule has 0 aliphatic carbocycles. The fourth-order valence-corrected chi connectivity index (χ4v) is 3.85. The second-order valence-corrected chi connectivity index (χ2v) is 7.06. The smallest absolute Gasteiger partial charge is 0.164 e. The molecule has 0 aromatic heterocycles. The minimum Gasteiger partial charge on any atom is -0.388 e. The molecule has 1 aliphatic rings. The van der Waals surface area contributed by atoms with Crippen LogP contribution in [-0.2, 0) is 0 Å². The maximum atomic E-state index is 12.5. The van der Waals surface area contributed by atoms with E-state index in [0.717, 1.165) is 36.8 Å². The van der Waals surface area contributed by atoms with Crippen LogP contribution in [0.2, 0.25) is 0 Å². The molecule has 2 aromatic carbocycles. The summed E-state index contributed by atoms with van der Waals surface area (Å²) >= 11 is 0. The van der Waals surface area contributed by atoms with Gasteiger partial charge >= 0.3 is 0 Å². The average molecular weight is 374 g/mol. The molecule has 1 heterocycles. The molecule has 3 nitrogen and oxygen atoms in total. The van der Waals surface area contributed by atoms with Crippen LogP contribution in [0.5, 0.6) is 0 Å². The van der Waals surface area contributed by atoms with Crippen molar-refractivity contribution in [3.8, 4) is 0 Å². The molecule has 1 aliphatic heterocycles. The Morgan fingerprint density at radius 3 is 2.27 bits per heavy atom. The zero-order valence-corrected chi connectivity index (χ0v) is 16.1. The highest BCUT2D eigenvalue weighted by molar-refractivity contribution is 5.96. The van der Waals surface area contributed by atoms with Crippen LogP contribution in [0, 0.1) is 0 Å². The second-order valence-electron chi connectivity index (χ2n) is 7.06. The third-order valence-corrected chi connectivity index (χ3v) is 5.42. The summed E-state index contributed by atoms with van der Waals surface area (Å²) in [6.45, 7) is 0. The van der Waals surface area contributed by atoms with E-state index in [4.69, 9.17) is 0 Å². The molecule has 0 saturated carbocycles. The van der Waals surface area contributed by atoms with Gasteiger partial charge in [0.2, 0.25) is 0 Å². The van der Waals surface area contributed by atoms with E-state index in [1.807, 2.05) is 60.7 Å². The van der Waals surface area contributed by atoms with E-state index in [1.165, 1.54) is 0 Å². The molecule has 1 fully saturated rings. The highest BCUT2D eigenvalue weighted by Gasteiger charge is 2.30. The maximum Gasteiger partial charge on any atom is 0.164 e. The first-order valence-corrected chi connectivity index (χ1v) is 9.18. The van der Waals surface area contributed by atoms with Gasteiger partial charge in [0.25, 0.3) is 0 Å². The van der Waals surface area contributed by atoms with E-state index in [9.17, 15) is 9.90 Å². The molecule has 3 atom stereocenters. The molecule has 0 unspecified atom stereocenters. The van der Waals surface area contributed by atoms with E-state index >= 15 is 0 Å². The van der Waals surface area contributed by atoms with Crippen LogP contribution >= 0.6 is 12.4 Å². The number of carbonyl (C=O) groups is 1. The molecule has 0 amide bonds. The lowest BCUT2D eigenvalue weighted by Crippen LogP contribution is -2.45. The Morgan fingerprint density at radius 1 is 1.04 bits per heavy atom. The van der Waals surface area contributed by atoms with Crippen molar-refractivity contribution in [3.63, 3.8) is 0 Å². The number of hydrogen-bond acceptors (Lipinski definition) is 3. The van der Waals surface area contributed by atoms with Crippen molar-refractivity contribution in [2.45, 2.75) is 50.3 Å². The van der Waals surface area contributed by atoms with Gasteiger partial charge in [-0.05, 0) is 31.9 Å². The molecule has 0 bridgehead atoms. The summed E-state index contributed by atoms with van der Waals surface area (Å²) in [5, 5.41) is 10.5. The van der Waals surface area contributed by atoms with Crippen molar-refractivity contribution in [2.24, 2.45) is 0 Å². The summed E-state index contributed by atoms with van der Waals surface area (Å²) in [5.41, 5.74) is 1.76. The summed E-state index contributed by atoms with van der Waals surface area (Å²) in [4.78, 5) is 14.8. The van der Waals surface area contributed by atoms with Crippen molar-refractivity contribution in [3.05, 3.63) is 71.8 Å². The van der Waals surface area contributed by atoms with Gasteiger partial charge in [0, 0.05) is 24.1 Å². The van der Waals surface area contributed by atoms with Crippen molar-refractivity contribution in [1.82, 2.24) is 4.90 Å². The molecule has 4 heteroatoms. The third-order valence-electron chi connectivity index (χ3n) is 5.42. The van der Waals surface area contributed by atoms with E-state index in [1.54, 1.807) is 0 Å². The Labute approximate surface area is 162 Å². The SMILES string of the molecule is CN1[C@@H](CC(=O)c2ccccc2)CCC[C@H]1C[C@@H](O)c1ccccc1.Cl. The van der Waals surface area contributed by atoms with Gasteiger partial charge in [-0.2, -0.15) is 0 Å². The molecule has 1 N–H and O–H groups in total. The number of Topliss-reactive ketones (excluding diaryl/α,β-unsaturated/α-hetero) is 1. The molecule has 0 radical (unpaired) electrons. The zero-order chi connectivity index (χ0) is 17.6. The van der Waals surface area contributed by atoms with E-state index in [0.29, 0.717) is 12.5 Å². The number of rotatable bonds is 6. The number of benzene rings is 2. The quantitative estimate of drug-likeness (QED) is 0.749. The molecule has 2 aromatic rings. The Balaban J connectivity index is 0.00000243. The standard InChI is InChI=1S/C22H27NO2.ClH/c1-23-19(15-21(24)17-9-4-2-5-10-17)13-8-14-20(23)16-22(25)18-11-6-3-7-12-18;/h2-7,9-12,19-21,24H,8,13-16H2,1H3;1H/t19-,20+,21+;/m0./s1. The number of piperidine rings is 1. The number of ketones is 1. The summed E-state index contributed by atoms with van der Waals surface area (Å²) in [5.74, 6) is 0.210. The lowest BCUT2D eigenvalue weighted by atomic mass is 9.88. The predicted octanol–water partition coefficient (Wildman–Crippen LogP) is 4.66. The van der Waals surface area contributed by atoms with Gasteiger partial charge in [0.05, 0.1) is 6.10 Å². The highest BCUT2D eigenvalue weighted by Crippen LogP contribution is 2.30. The fourth-order valence-electron chi connectivity index (χ4n) is 3.85. The van der Waals surface area contributed by atoms with Gasteiger partial charge in [0.1, 0.15) is 0 Å². The van der Waals surface area contributed by atoms with Crippen LogP contribution in [0.25, 0.3) is 0 Å². The van der Waals surface area contributed by atoms with Gasteiger partial charge < -0.3 is 5.11 Å². The van der Waals surface area contributed by atoms with Crippen LogP contribution in [0.3, 0.4) is 0 Å². The summed E-state index contributed by atoms with van der Waals surface area (Å²) in [6.07, 6.45) is 4.07. The van der Waals surface area contributed by atoms with Crippen LogP contribution in [-0.4, -0.2) is 34.9 Å². The first kappa shape index (κ1) is 20.6.